The SMILES string of the molecule is CCSCC1=Cc2c(Br)cccc2S1(=O)=O. The summed E-state index contributed by atoms with van der Waals surface area (Å²) in [5.74, 6) is 1.48. The van der Waals surface area contributed by atoms with Crippen molar-refractivity contribution < 1.29 is 8.42 Å². The lowest BCUT2D eigenvalue weighted by Crippen LogP contribution is -2.02. The Kier molecular flexibility index (Phi) is 3.47. The predicted molar refractivity (Wildman–Crippen MR) is 72.3 cm³/mol. The lowest BCUT2D eigenvalue weighted by Gasteiger charge is -2.02. The van der Waals surface area contributed by atoms with Crippen molar-refractivity contribution in [2.75, 3.05) is 11.5 Å². The molecule has 5 heteroatoms. The predicted octanol–water partition coefficient (Wildman–Crippen LogP) is 3.33. The van der Waals surface area contributed by atoms with Gasteiger partial charge >= 0.3 is 0 Å². The minimum Gasteiger partial charge on any atom is -0.219 e. The van der Waals surface area contributed by atoms with Crippen LogP contribution in [-0.2, 0) is 9.84 Å². The van der Waals surface area contributed by atoms with Gasteiger partial charge in [0.2, 0.25) is 9.84 Å². The number of rotatable bonds is 3. The second kappa shape index (κ2) is 4.55. The Morgan fingerprint density at radius 1 is 1.38 bits per heavy atom. The highest BCUT2D eigenvalue weighted by atomic mass is 79.9. The van der Waals surface area contributed by atoms with E-state index in [1.165, 1.54) is 0 Å². The molecule has 0 saturated heterocycles. The molecule has 0 saturated carbocycles. The Hall–Kier alpha value is -0.260. The normalized spacial score (nSPS) is 17.0. The third-order valence-corrected chi connectivity index (χ3v) is 6.09. The van der Waals surface area contributed by atoms with Gasteiger partial charge in [-0.1, -0.05) is 28.9 Å². The van der Waals surface area contributed by atoms with Crippen LogP contribution in [0.15, 0.2) is 32.5 Å². The molecule has 0 spiro atoms. The number of hydrogen-bond donors (Lipinski definition) is 0. The van der Waals surface area contributed by atoms with Crippen molar-refractivity contribution in [3.8, 4) is 0 Å². The smallest absolute Gasteiger partial charge is 0.204 e. The first-order chi connectivity index (χ1) is 7.57. The zero-order valence-corrected chi connectivity index (χ0v) is 12.0. The zero-order chi connectivity index (χ0) is 11.8. The third-order valence-electron chi connectivity index (χ3n) is 2.40. The second-order valence-corrected chi connectivity index (χ2v) is 7.50. The van der Waals surface area contributed by atoms with E-state index in [0.29, 0.717) is 15.6 Å². The number of hydrogen-bond acceptors (Lipinski definition) is 3. The molecule has 16 heavy (non-hydrogen) atoms. The van der Waals surface area contributed by atoms with Crippen molar-refractivity contribution >= 4 is 43.6 Å². The molecule has 0 N–H and O–H groups in total. The summed E-state index contributed by atoms with van der Waals surface area (Å²) in [5, 5.41) is 0. The van der Waals surface area contributed by atoms with Crippen LogP contribution in [0.2, 0.25) is 0 Å². The third kappa shape index (κ3) is 1.96. The summed E-state index contributed by atoms with van der Waals surface area (Å²) in [4.78, 5) is 0.940. The Balaban J connectivity index is 2.49. The summed E-state index contributed by atoms with van der Waals surface area (Å²) in [6.07, 6.45) is 1.78. The average Bonchev–Trinajstić information content (AvgIpc) is 2.50. The summed E-state index contributed by atoms with van der Waals surface area (Å²) in [7, 11) is -3.23. The van der Waals surface area contributed by atoms with Crippen molar-refractivity contribution in [1.82, 2.24) is 0 Å². The largest absolute Gasteiger partial charge is 0.219 e. The minimum atomic E-state index is -3.23. The van der Waals surface area contributed by atoms with Gasteiger partial charge in [0.1, 0.15) is 0 Å². The molecule has 0 unspecified atom stereocenters. The van der Waals surface area contributed by atoms with E-state index < -0.39 is 9.84 Å². The second-order valence-electron chi connectivity index (χ2n) is 3.40. The van der Waals surface area contributed by atoms with Crippen molar-refractivity contribution in [3.05, 3.63) is 33.1 Å². The molecule has 2 nitrogen and oxygen atoms in total. The molecule has 1 aromatic rings. The monoisotopic (exact) mass is 318 g/mol. The number of halogens is 1. The van der Waals surface area contributed by atoms with Gasteiger partial charge in [0.15, 0.2) is 0 Å². The van der Waals surface area contributed by atoms with Gasteiger partial charge in [0.25, 0.3) is 0 Å². The summed E-state index contributed by atoms with van der Waals surface area (Å²) in [5.41, 5.74) is 0.786. The number of sulfone groups is 1. The van der Waals surface area contributed by atoms with Gasteiger partial charge < -0.3 is 0 Å². The van der Waals surface area contributed by atoms with E-state index in [4.69, 9.17) is 0 Å². The molecule has 0 aliphatic carbocycles. The molecule has 0 atom stereocenters. The van der Waals surface area contributed by atoms with Crippen molar-refractivity contribution in [1.29, 1.82) is 0 Å². The Morgan fingerprint density at radius 2 is 2.12 bits per heavy atom. The highest BCUT2D eigenvalue weighted by molar-refractivity contribution is 9.10. The van der Waals surface area contributed by atoms with E-state index in [2.05, 4.69) is 15.9 Å². The van der Waals surface area contributed by atoms with Gasteiger partial charge in [-0.05, 0) is 24.0 Å². The maximum atomic E-state index is 12.1. The molecule has 0 fully saturated rings. The molecular formula is C11H11BrO2S2. The summed E-state index contributed by atoms with van der Waals surface area (Å²) < 4.78 is 25.1. The van der Waals surface area contributed by atoms with Gasteiger partial charge in [-0.25, -0.2) is 8.42 Å². The molecule has 0 aromatic heterocycles. The summed E-state index contributed by atoms with van der Waals surface area (Å²) >= 11 is 5.00. The molecule has 1 aliphatic rings. The van der Waals surface area contributed by atoms with Gasteiger partial charge in [-0.2, -0.15) is 11.8 Å². The van der Waals surface area contributed by atoms with Crippen LogP contribution in [0, 0.1) is 0 Å². The fourth-order valence-electron chi connectivity index (χ4n) is 1.59. The van der Waals surface area contributed by atoms with Crippen molar-refractivity contribution in [3.63, 3.8) is 0 Å². The lowest BCUT2D eigenvalue weighted by atomic mass is 10.2. The van der Waals surface area contributed by atoms with Crippen LogP contribution < -0.4 is 0 Å². The number of thioether (sulfide) groups is 1. The first kappa shape index (κ1) is 12.2. The van der Waals surface area contributed by atoms with Crippen LogP contribution in [0.25, 0.3) is 6.08 Å². The Bertz CT molecular complexity index is 547. The summed E-state index contributed by atoms with van der Waals surface area (Å²) in [6.45, 7) is 2.02. The van der Waals surface area contributed by atoms with Crippen molar-refractivity contribution in [2.45, 2.75) is 11.8 Å². The van der Waals surface area contributed by atoms with Gasteiger partial charge in [0, 0.05) is 15.8 Å². The van der Waals surface area contributed by atoms with Gasteiger partial charge in [0.05, 0.1) is 9.80 Å². The van der Waals surface area contributed by atoms with E-state index in [-0.39, 0.29) is 0 Å². The van der Waals surface area contributed by atoms with E-state index in [1.54, 1.807) is 30.0 Å². The highest BCUT2D eigenvalue weighted by Crippen LogP contribution is 2.37. The average molecular weight is 319 g/mol. The van der Waals surface area contributed by atoms with Crippen LogP contribution >= 0.6 is 27.7 Å². The van der Waals surface area contributed by atoms with E-state index in [9.17, 15) is 8.42 Å². The molecule has 1 heterocycles. The first-order valence-corrected chi connectivity index (χ1v) is 8.32. The van der Waals surface area contributed by atoms with E-state index in [0.717, 1.165) is 15.8 Å². The van der Waals surface area contributed by atoms with Gasteiger partial charge in [-0.3, -0.25) is 0 Å². The minimum absolute atomic E-state index is 0.425. The van der Waals surface area contributed by atoms with Crippen LogP contribution in [0.5, 0.6) is 0 Å². The molecule has 86 valence electrons. The fourth-order valence-corrected chi connectivity index (χ4v) is 4.84. The summed E-state index contributed by atoms with van der Waals surface area (Å²) in [6, 6.07) is 5.28. The molecule has 0 amide bonds. The zero-order valence-electron chi connectivity index (χ0n) is 8.73. The number of fused-ring (bicyclic) bond motifs is 1. The first-order valence-electron chi connectivity index (χ1n) is 4.89. The number of benzene rings is 1. The quantitative estimate of drug-likeness (QED) is 0.857. The molecule has 1 aromatic carbocycles. The highest BCUT2D eigenvalue weighted by Gasteiger charge is 2.30. The molecule has 1 aliphatic heterocycles. The van der Waals surface area contributed by atoms with E-state index >= 15 is 0 Å². The van der Waals surface area contributed by atoms with Crippen LogP contribution in [-0.4, -0.2) is 19.9 Å². The Morgan fingerprint density at radius 3 is 2.75 bits per heavy atom. The van der Waals surface area contributed by atoms with Gasteiger partial charge in [-0.15, -0.1) is 0 Å². The Labute approximate surface area is 108 Å². The van der Waals surface area contributed by atoms with Crippen LogP contribution in [0.3, 0.4) is 0 Å². The van der Waals surface area contributed by atoms with Crippen molar-refractivity contribution in [2.24, 2.45) is 0 Å². The van der Waals surface area contributed by atoms with Crippen LogP contribution in [0.1, 0.15) is 12.5 Å². The van der Waals surface area contributed by atoms with Crippen LogP contribution in [0.4, 0.5) is 0 Å². The standard InChI is InChI=1S/C11H11BrO2S2/c1-2-15-7-8-6-9-10(12)4-3-5-11(9)16(8,13)14/h3-6H,2,7H2,1H3. The molecule has 2 rings (SSSR count). The molecular weight excluding hydrogens is 308 g/mol. The maximum Gasteiger partial charge on any atom is 0.204 e. The van der Waals surface area contributed by atoms with E-state index in [1.807, 2.05) is 13.0 Å². The lowest BCUT2D eigenvalue weighted by molar-refractivity contribution is 0.603. The topological polar surface area (TPSA) is 34.1 Å². The molecule has 0 bridgehead atoms. The fraction of sp³-hybridized carbons (Fsp3) is 0.273. The maximum absolute atomic E-state index is 12.1. The molecule has 0 radical (unpaired) electrons.